The molecule has 1 rings (SSSR count). The van der Waals surface area contributed by atoms with Gasteiger partial charge in [-0.15, -0.1) is 5.73 Å². The Kier molecular flexibility index (Phi) is 4.84. The van der Waals surface area contributed by atoms with Crippen molar-refractivity contribution in [3.8, 4) is 0 Å². The first kappa shape index (κ1) is 13.7. The van der Waals surface area contributed by atoms with E-state index >= 15 is 0 Å². The minimum absolute atomic E-state index is 0.0328. The summed E-state index contributed by atoms with van der Waals surface area (Å²) >= 11 is 0. The van der Waals surface area contributed by atoms with Crippen LogP contribution in [0.15, 0.2) is 42.1 Å². The fourth-order valence-corrected chi connectivity index (χ4v) is 1.45. The van der Waals surface area contributed by atoms with Crippen molar-refractivity contribution in [2.24, 2.45) is 0 Å². The van der Waals surface area contributed by atoms with Crippen LogP contribution in [-0.4, -0.2) is 17.5 Å². The quantitative estimate of drug-likeness (QED) is 0.263. The summed E-state index contributed by atoms with van der Waals surface area (Å²) in [6, 6.07) is 6.23. The van der Waals surface area contributed by atoms with Gasteiger partial charge >= 0.3 is 5.97 Å². The van der Waals surface area contributed by atoms with Crippen molar-refractivity contribution in [2.45, 2.75) is 13.3 Å². The normalized spacial score (nSPS) is 9.39. The molecule has 0 fully saturated rings. The molecule has 5 nitrogen and oxygen atoms in total. The lowest BCUT2D eigenvalue weighted by Crippen LogP contribution is -2.10. The number of hydrogen-bond acceptors (Lipinski definition) is 4. The van der Waals surface area contributed by atoms with Crippen LogP contribution in [-0.2, 0) is 16.0 Å². The van der Waals surface area contributed by atoms with Gasteiger partial charge in [0.15, 0.2) is 0 Å². The molecular weight excluding hydrogens is 234 g/mol. The first-order valence-electron chi connectivity index (χ1n) is 5.38. The number of nitro groups is 1. The Balaban J connectivity index is 3.00. The average molecular weight is 247 g/mol. The summed E-state index contributed by atoms with van der Waals surface area (Å²) in [5.41, 5.74) is 3.06. The van der Waals surface area contributed by atoms with Crippen molar-refractivity contribution in [2.75, 3.05) is 6.61 Å². The zero-order valence-corrected chi connectivity index (χ0v) is 10.0. The van der Waals surface area contributed by atoms with Crippen LogP contribution >= 0.6 is 0 Å². The molecular formula is C13H13NO4. The molecule has 0 saturated carbocycles. The molecule has 0 N–H and O–H groups in total. The topological polar surface area (TPSA) is 69.4 Å². The largest absolute Gasteiger partial charge is 0.462 e. The van der Waals surface area contributed by atoms with Gasteiger partial charge < -0.3 is 4.74 Å². The maximum absolute atomic E-state index is 11.5. The van der Waals surface area contributed by atoms with E-state index in [-0.39, 0.29) is 24.3 Å². The van der Waals surface area contributed by atoms with Crippen LogP contribution in [0.25, 0.3) is 0 Å². The predicted molar refractivity (Wildman–Crippen MR) is 66.1 cm³/mol. The SMILES string of the molecule is C=C=C(Cc1ccccc1[N+](=O)[O-])C(=O)OCC. The van der Waals surface area contributed by atoms with Crippen LogP contribution in [0.1, 0.15) is 12.5 Å². The fourth-order valence-electron chi connectivity index (χ4n) is 1.45. The minimum Gasteiger partial charge on any atom is -0.462 e. The molecule has 0 aliphatic rings. The van der Waals surface area contributed by atoms with Crippen LogP contribution < -0.4 is 0 Å². The van der Waals surface area contributed by atoms with E-state index in [0.717, 1.165) is 0 Å². The van der Waals surface area contributed by atoms with Crippen molar-refractivity contribution in [3.05, 3.63) is 57.8 Å². The van der Waals surface area contributed by atoms with Crippen LogP contribution in [0.5, 0.6) is 0 Å². The predicted octanol–water partition coefficient (Wildman–Crippen LogP) is 2.41. The summed E-state index contributed by atoms with van der Waals surface area (Å²) in [5, 5.41) is 10.8. The van der Waals surface area contributed by atoms with Crippen molar-refractivity contribution in [1.82, 2.24) is 0 Å². The van der Waals surface area contributed by atoms with E-state index in [1.165, 1.54) is 6.07 Å². The third-order valence-electron chi connectivity index (χ3n) is 2.29. The molecule has 1 aromatic rings. The van der Waals surface area contributed by atoms with E-state index in [9.17, 15) is 14.9 Å². The minimum atomic E-state index is -0.550. The van der Waals surface area contributed by atoms with Crippen molar-refractivity contribution >= 4 is 11.7 Å². The highest BCUT2D eigenvalue weighted by molar-refractivity contribution is 5.88. The molecule has 0 aliphatic carbocycles. The molecule has 0 atom stereocenters. The van der Waals surface area contributed by atoms with E-state index in [1.807, 2.05) is 0 Å². The molecule has 0 unspecified atom stereocenters. The summed E-state index contributed by atoms with van der Waals surface area (Å²) in [6.07, 6.45) is 0.0828. The van der Waals surface area contributed by atoms with Gasteiger partial charge in [0, 0.05) is 18.1 Å². The van der Waals surface area contributed by atoms with E-state index < -0.39 is 10.9 Å². The Morgan fingerprint density at radius 2 is 2.17 bits per heavy atom. The van der Waals surface area contributed by atoms with Gasteiger partial charge in [0.1, 0.15) is 0 Å². The van der Waals surface area contributed by atoms with Crippen molar-refractivity contribution in [3.63, 3.8) is 0 Å². The molecule has 0 aromatic heterocycles. The molecule has 0 saturated heterocycles. The summed E-state index contributed by atoms with van der Waals surface area (Å²) in [7, 11) is 0. The first-order chi connectivity index (χ1) is 8.60. The number of nitro benzene ring substituents is 1. The average Bonchev–Trinajstić information content (AvgIpc) is 2.36. The first-order valence-corrected chi connectivity index (χ1v) is 5.38. The Morgan fingerprint density at radius 1 is 1.50 bits per heavy atom. The number of carbonyl (C=O) groups excluding carboxylic acids is 1. The smallest absolute Gasteiger partial charge is 0.342 e. The molecule has 94 valence electrons. The third-order valence-corrected chi connectivity index (χ3v) is 2.29. The summed E-state index contributed by atoms with van der Waals surface area (Å²) in [6.45, 7) is 5.32. The van der Waals surface area contributed by atoms with Gasteiger partial charge in [0.05, 0.1) is 17.1 Å². The Hall–Kier alpha value is -2.39. The standard InChI is InChI=1S/C13H13NO4/c1-3-10(13(15)18-4-2)9-11-7-5-6-8-12(11)14(16)17/h5-8H,1,4,9H2,2H3. The van der Waals surface area contributed by atoms with Crippen LogP contribution in [0.2, 0.25) is 0 Å². The Morgan fingerprint density at radius 3 is 2.72 bits per heavy atom. The number of hydrogen-bond donors (Lipinski definition) is 0. The second-order valence-electron chi connectivity index (χ2n) is 3.44. The summed E-state index contributed by atoms with van der Waals surface area (Å²) in [5.74, 6) is -0.550. The van der Waals surface area contributed by atoms with Crippen LogP contribution in [0, 0.1) is 10.1 Å². The van der Waals surface area contributed by atoms with E-state index in [0.29, 0.717) is 5.56 Å². The van der Waals surface area contributed by atoms with E-state index in [2.05, 4.69) is 12.3 Å². The van der Waals surface area contributed by atoms with Gasteiger partial charge in [-0.25, -0.2) is 4.79 Å². The van der Waals surface area contributed by atoms with Gasteiger partial charge in [-0.3, -0.25) is 10.1 Å². The number of esters is 1. The number of carbonyl (C=O) groups is 1. The van der Waals surface area contributed by atoms with Gasteiger partial charge in [-0.1, -0.05) is 24.8 Å². The van der Waals surface area contributed by atoms with Crippen LogP contribution in [0.3, 0.4) is 0 Å². The highest BCUT2D eigenvalue weighted by atomic mass is 16.6. The van der Waals surface area contributed by atoms with E-state index in [1.54, 1.807) is 25.1 Å². The van der Waals surface area contributed by atoms with E-state index in [4.69, 9.17) is 4.74 Å². The maximum Gasteiger partial charge on any atom is 0.342 e. The summed E-state index contributed by atoms with van der Waals surface area (Å²) in [4.78, 5) is 21.9. The number of para-hydroxylation sites is 1. The molecule has 0 aliphatic heterocycles. The van der Waals surface area contributed by atoms with Gasteiger partial charge in [-0.05, 0) is 6.92 Å². The Bertz CT molecular complexity index is 515. The number of rotatable bonds is 5. The monoisotopic (exact) mass is 247 g/mol. The fraction of sp³-hybridized carbons (Fsp3) is 0.231. The molecule has 0 bridgehead atoms. The van der Waals surface area contributed by atoms with Gasteiger partial charge in [0.25, 0.3) is 5.69 Å². The van der Waals surface area contributed by atoms with Crippen molar-refractivity contribution in [1.29, 1.82) is 0 Å². The van der Waals surface area contributed by atoms with Gasteiger partial charge in [0.2, 0.25) is 0 Å². The second-order valence-corrected chi connectivity index (χ2v) is 3.44. The zero-order chi connectivity index (χ0) is 13.5. The number of benzene rings is 1. The second kappa shape index (κ2) is 6.37. The third kappa shape index (κ3) is 3.30. The molecule has 0 amide bonds. The highest BCUT2D eigenvalue weighted by Crippen LogP contribution is 2.20. The number of nitrogens with zero attached hydrogens (tertiary/aromatic N) is 1. The lowest BCUT2D eigenvalue weighted by Gasteiger charge is -2.05. The van der Waals surface area contributed by atoms with Gasteiger partial charge in [-0.2, -0.15) is 0 Å². The lowest BCUT2D eigenvalue weighted by atomic mass is 10.0. The number of ether oxygens (including phenoxy) is 1. The molecule has 0 heterocycles. The highest BCUT2D eigenvalue weighted by Gasteiger charge is 2.17. The zero-order valence-electron chi connectivity index (χ0n) is 10.0. The molecule has 1 aromatic carbocycles. The summed E-state index contributed by atoms with van der Waals surface area (Å²) < 4.78 is 4.82. The lowest BCUT2D eigenvalue weighted by molar-refractivity contribution is -0.385. The van der Waals surface area contributed by atoms with Crippen LogP contribution in [0.4, 0.5) is 5.69 Å². The molecule has 5 heteroatoms. The van der Waals surface area contributed by atoms with Crippen molar-refractivity contribution < 1.29 is 14.5 Å². The molecule has 0 radical (unpaired) electrons. The maximum atomic E-state index is 11.5. The molecule has 18 heavy (non-hydrogen) atoms. The molecule has 0 spiro atoms. The Labute approximate surface area is 105 Å².